The summed E-state index contributed by atoms with van der Waals surface area (Å²) in [5.41, 5.74) is 2.66. The number of nitrogens with one attached hydrogen (secondary N) is 1. The maximum Gasteiger partial charge on any atom is 0.0746 e. The summed E-state index contributed by atoms with van der Waals surface area (Å²) < 4.78 is 5.42. The minimum absolute atomic E-state index is 0.116. The van der Waals surface area contributed by atoms with E-state index in [1.807, 2.05) is 0 Å². The van der Waals surface area contributed by atoms with Gasteiger partial charge in [-0.3, -0.25) is 0 Å². The lowest BCUT2D eigenvalue weighted by molar-refractivity contribution is 0.0214. The molecule has 1 N–H and O–H groups in total. The lowest BCUT2D eigenvalue weighted by Gasteiger charge is -2.26. The largest absolute Gasteiger partial charge is 0.377 e. The molecule has 0 fully saturated rings. The van der Waals surface area contributed by atoms with Gasteiger partial charge in [0.15, 0.2) is 0 Å². The van der Waals surface area contributed by atoms with E-state index in [-0.39, 0.29) is 5.60 Å². The van der Waals surface area contributed by atoms with Crippen LogP contribution in [-0.2, 0) is 11.2 Å². The second kappa shape index (κ2) is 7.66. The van der Waals surface area contributed by atoms with E-state index >= 15 is 0 Å². The van der Waals surface area contributed by atoms with Gasteiger partial charge in [-0.15, -0.1) is 0 Å². The summed E-state index contributed by atoms with van der Waals surface area (Å²) in [6.45, 7) is 9.48. The summed E-state index contributed by atoms with van der Waals surface area (Å²) in [5, 5.41) is 3.53. The topological polar surface area (TPSA) is 21.3 Å². The number of methoxy groups -OCH3 is 1. The third-order valence-electron chi connectivity index (χ3n) is 3.69. The molecule has 0 aliphatic carbocycles. The lowest BCUT2D eigenvalue weighted by atomic mass is 10.0. The van der Waals surface area contributed by atoms with E-state index in [0.717, 1.165) is 6.54 Å². The summed E-state index contributed by atoms with van der Waals surface area (Å²) >= 11 is 0. The molecule has 0 aliphatic heterocycles. The van der Waals surface area contributed by atoms with Crippen molar-refractivity contribution < 1.29 is 4.74 Å². The summed E-state index contributed by atoms with van der Waals surface area (Å²) in [5.74, 6) is 0. The second-order valence-corrected chi connectivity index (χ2v) is 5.91. The Hall–Kier alpha value is -0.860. The maximum atomic E-state index is 5.42. The molecule has 1 aromatic carbocycles. The monoisotopic (exact) mass is 263 g/mol. The van der Waals surface area contributed by atoms with Gasteiger partial charge in [0, 0.05) is 19.7 Å². The molecule has 2 heteroatoms. The molecule has 0 aliphatic rings. The van der Waals surface area contributed by atoms with Crippen LogP contribution in [-0.4, -0.2) is 19.3 Å². The first kappa shape index (κ1) is 16.2. The summed E-state index contributed by atoms with van der Waals surface area (Å²) in [7, 11) is 1.76. The molecule has 0 saturated carbocycles. The van der Waals surface area contributed by atoms with Gasteiger partial charge in [0.05, 0.1) is 5.60 Å². The number of benzene rings is 1. The van der Waals surface area contributed by atoms with Crippen LogP contribution in [0.25, 0.3) is 0 Å². The van der Waals surface area contributed by atoms with E-state index in [2.05, 4.69) is 57.3 Å². The molecule has 1 unspecified atom stereocenters. The van der Waals surface area contributed by atoms with Crippen molar-refractivity contribution in [1.82, 2.24) is 5.32 Å². The normalized spacial score (nSPS) is 13.5. The Bertz CT molecular complexity index is 356. The average Bonchev–Trinajstić information content (AvgIpc) is 2.43. The molecule has 108 valence electrons. The van der Waals surface area contributed by atoms with Crippen molar-refractivity contribution in [2.24, 2.45) is 0 Å². The van der Waals surface area contributed by atoms with Gasteiger partial charge in [0.2, 0.25) is 0 Å². The van der Waals surface area contributed by atoms with E-state index in [1.54, 1.807) is 7.11 Å². The molecular weight excluding hydrogens is 234 g/mol. The summed E-state index contributed by atoms with van der Waals surface area (Å²) in [6.07, 6.45) is 3.72. The van der Waals surface area contributed by atoms with Crippen LogP contribution >= 0.6 is 0 Å². The van der Waals surface area contributed by atoms with Gasteiger partial charge < -0.3 is 10.1 Å². The molecule has 0 spiro atoms. The highest BCUT2D eigenvalue weighted by Gasteiger charge is 2.17. The first-order valence-electron chi connectivity index (χ1n) is 7.36. The Morgan fingerprint density at radius 1 is 1.21 bits per heavy atom. The van der Waals surface area contributed by atoms with E-state index in [4.69, 9.17) is 4.74 Å². The second-order valence-electron chi connectivity index (χ2n) is 5.91. The zero-order chi connectivity index (χ0) is 14.3. The van der Waals surface area contributed by atoms with Crippen LogP contribution in [0, 0.1) is 0 Å². The third-order valence-corrected chi connectivity index (χ3v) is 3.69. The van der Waals surface area contributed by atoms with Gasteiger partial charge in [-0.1, -0.05) is 37.6 Å². The van der Waals surface area contributed by atoms with Crippen LogP contribution in [0.4, 0.5) is 0 Å². The van der Waals surface area contributed by atoms with Crippen LogP contribution in [0.1, 0.15) is 57.7 Å². The minimum Gasteiger partial charge on any atom is -0.377 e. The highest BCUT2D eigenvalue weighted by Crippen LogP contribution is 2.16. The Morgan fingerprint density at radius 3 is 2.37 bits per heavy atom. The zero-order valence-electron chi connectivity index (χ0n) is 13.1. The molecule has 2 nitrogen and oxygen atoms in total. The molecule has 0 aromatic heterocycles. The van der Waals surface area contributed by atoms with Gasteiger partial charge in [-0.05, 0) is 44.7 Å². The van der Waals surface area contributed by atoms with Crippen molar-refractivity contribution >= 4 is 0 Å². The van der Waals surface area contributed by atoms with Crippen molar-refractivity contribution in [3.63, 3.8) is 0 Å². The molecule has 0 bridgehead atoms. The number of hydrogen-bond donors (Lipinski definition) is 1. The molecule has 1 aromatic rings. The fourth-order valence-electron chi connectivity index (χ4n) is 1.94. The Kier molecular flexibility index (Phi) is 6.53. The van der Waals surface area contributed by atoms with E-state index < -0.39 is 0 Å². The van der Waals surface area contributed by atoms with Gasteiger partial charge in [-0.25, -0.2) is 0 Å². The van der Waals surface area contributed by atoms with Crippen molar-refractivity contribution in [1.29, 1.82) is 0 Å². The Balaban J connectivity index is 2.50. The number of ether oxygens (including phenoxy) is 1. The van der Waals surface area contributed by atoms with E-state index in [0.29, 0.717) is 6.04 Å². The standard InChI is InChI=1S/C17H29NO/c1-6-7-8-15-9-11-16(12-10-15)14(2)18-13-17(3,4)19-5/h9-12,14,18H,6-8,13H2,1-5H3. The first-order chi connectivity index (χ1) is 8.98. The maximum absolute atomic E-state index is 5.42. The van der Waals surface area contributed by atoms with Gasteiger partial charge >= 0.3 is 0 Å². The summed E-state index contributed by atoms with van der Waals surface area (Å²) in [6, 6.07) is 9.34. The quantitative estimate of drug-likeness (QED) is 0.762. The summed E-state index contributed by atoms with van der Waals surface area (Å²) in [4.78, 5) is 0. The molecular formula is C17H29NO. The van der Waals surface area contributed by atoms with E-state index in [1.165, 1.54) is 30.4 Å². The molecule has 0 radical (unpaired) electrons. The number of rotatable bonds is 8. The van der Waals surface area contributed by atoms with Gasteiger partial charge in [-0.2, -0.15) is 0 Å². The molecule has 19 heavy (non-hydrogen) atoms. The van der Waals surface area contributed by atoms with Crippen LogP contribution in [0.5, 0.6) is 0 Å². The van der Waals surface area contributed by atoms with Crippen molar-refractivity contribution in [2.75, 3.05) is 13.7 Å². The van der Waals surface area contributed by atoms with Crippen LogP contribution in [0.15, 0.2) is 24.3 Å². The molecule has 0 saturated heterocycles. The predicted molar refractivity (Wildman–Crippen MR) is 82.6 cm³/mol. The van der Waals surface area contributed by atoms with Crippen LogP contribution < -0.4 is 5.32 Å². The van der Waals surface area contributed by atoms with E-state index in [9.17, 15) is 0 Å². The van der Waals surface area contributed by atoms with Gasteiger partial charge in [0.25, 0.3) is 0 Å². The number of hydrogen-bond acceptors (Lipinski definition) is 2. The Morgan fingerprint density at radius 2 is 1.84 bits per heavy atom. The number of aryl methyl sites for hydroxylation is 1. The molecule has 1 rings (SSSR count). The predicted octanol–water partition coefficient (Wildman–Crippen LogP) is 4.10. The van der Waals surface area contributed by atoms with Crippen molar-refractivity contribution in [2.45, 2.75) is 58.6 Å². The smallest absolute Gasteiger partial charge is 0.0746 e. The minimum atomic E-state index is -0.116. The van der Waals surface area contributed by atoms with Crippen LogP contribution in [0.3, 0.4) is 0 Å². The number of unbranched alkanes of at least 4 members (excludes halogenated alkanes) is 1. The molecule has 0 heterocycles. The highest BCUT2D eigenvalue weighted by atomic mass is 16.5. The Labute approximate surface area is 118 Å². The molecule has 0 amide bonds. The van der Waals surface area contributed by atoms with Crippen molar-refractivity contribution in [3.05, 3.63) is 35.4 Å². The lowest BCUT2D eigenvalue weighted by Crippen LogP contribution is -2.37. The SMILES string of the molecule is CCCCc1ccc(C(C)NCC(C)(C)OC)cc1. The van der Waals surface area contributed by atoms with Crippen LogP contribution in [0.2, 0.25) is 0 Å². The first-order valence-corrected chi connectivity index (χ1v) is 7.36. The molecule has 1 atom stereocenters. The highest BCUT2D eigenvalue weighted by molar-refractivity contribution is 5.24. The van der Waals surface area contributed by atoms with Crippen molar-refractivity contribution in [3.8, 4) is 0 Å². The fourth-order valence-corrected chi connectivity index (χ4v) is 1.94. The zero-order valence-corrected chi connectivity index (χ0v) is 13.1. The average molecular weight is 263 g/mol. The van der Waals surface area contributed by atoms with Gasteiger partial charge in [0.1, 0.15) is 0 Å². The third kappa shape index (κ3) is 5.75. The fraction of sp³-hybridized carbons (Fsp3) is 0.647.